The van der Waals surface area contributed by atoms with Crippen molar-refractivity contribution in [2.24, 2.45) is 5.73 Å². The normalized spacial score (nSPS) is 12.6. The topological polar surface area (TPSA) is 102 Å². The highest BCUT2D eigenvalue weighted by molar-refractivity contribution is 5.85. The third-order valence-corrected chi connectivity index (χ3v) is 3.42. The molecule has 0 amide bonds. The third kappa shape index (κ3) is 6.46. The standard InChI is InChI=1S/C17H27N3O4/c18-5-8-22-10-11-23-9-7-19-12-14(21)13-24-17-3-1-2-16-15(17)4-6-20-16/h1-4,6,14,19-21H,5,7-13,18H2. The predicted octanol–water partition coefficient (Wildman–Crippen LogP) is 0.489. The Morgan fingerprint density at radius 3 is 2.79 bits per heavy atom. The Balaban J connectivity index is 1.52. The minimum atomic E-state index is -0.577. The van der Waals surface area contributed by atoms with E-state index in [4.69, 9.17) is 19.9 Å². The number of aliphatic hydroxyl groups is 1. The van der Waals surface area contributed by atoms with Crippen LogP contribution in [0.15, 0.2) is 30.5 Å². The van der Waals surface area contributed by atoms with Gasteiger partial charge in [-0.15, -0.1) is 0 Å². The van der Waals surface area contributed by atoms with Gasteiger partial charge in [-0.2, -0.15) is 0 Å². The predicted molar refractivity (Wildman–Crippen MR) is 93.4 cm³/mol. The van der Waals surface area contributed by atoms with Crippen LogP contribution in [0.3, 0.4) is 0 Å². The van der Waals surface area contributed by atoms with Gasteiger partial charge in [0.25, 0.3) is 0 Å². The second kappa shape index (κ2) is 11.0. The fourth-order valence-electron chi connectivity index (χ4n) is 2.25. The van der Waals surface area contributed by atoms with Crippen molar-refractivity contribution in [1.29, 1.82) is 0 Å². The number of H-pyrrole nitrogens is 1. The van der Waals surface area contributed by atoms with Crippen molar-refractivity contribution in [3.05, 3.63) is 30.5 Å². The molecule has 0 bridgehead atoms. The molecular formula is C17H27N3O4. The van der Waals surface area contributed by atoms with E-state index in [1.54, 1.807) is 0 Å². The number of hydrogen-bond acceptors (Lipinski definition) is 6. The summed E-state index contributed by atoms with van der Waals surface area (Å²) in [5.41, 5.74) is 6.33. The summed E-state index contributed by atoms with van der Waals surface area (Å²) in [4.78, 5) is 3.13. The summed E-state index contributed by atoms with van der Waals surface area (Å²) in [7, 11) is 0. The lowest BCUT2D eigenvalue weighted by atomic mass is 10.2. The van der Waals surface area contributed by atoms with Gasteiger partial charge in [-0.25, -0.2) is 0 Å². The van der Waals surface area contributed by atoms with Gasteiger partial charge in [0, 0.05) is 36.7 Å². The van der Waals surface area contributed by atoms with Crippen LogP contribution >= 0.6 is 0 Å². The van der Waals surface area contributed by atoms with Crippen molar-refractivity contribution < 1.29 is 19.3 Å². The number of ether oxygens (including phenoxy) is 3. The van der Waals surface area contributed by atoms with E-state index in [0.29, 0.717) is 46.1 Å². The molecule has 1 atom stereocenters. The van der Waals surface area contributed by atoms with Crippen LogP contribution in [0.25, 0.3) is 10.9 Å². The Morgan fingerprint density at radius 2 is 1.96 bits per heavy atom. The fraction of sp³-hybridized carbons (Fsp3) is 0.529. The van der Waals surface area contributed by atoms with Crippen LogP contribution in [-0.4, -0.2) is 68.9 Å². The molecule has 7 nitrogen and oxygen atoms in total. The summed E-state index contributed by atoms with van der Waals surface area (Å²) in [6, 6.07) is 7.77. The third-order valence-electron chi connectivity index (χ3n) is 3.42. The number of nitrogens with one attached hydrogen (secondary N) is 2. The zero-order chi connectivity index (χ0) is 17.0. The first-order valence-electron chi connectivity index (χ1n) is 8.24. The molecule has 0 fully saturated rings. The van der Waals surface area contributed by atoms with E-state index in [9.17, 15) is 5.11 Å². The molecule has 24 heavy (non-hydrogen) atoms. The summed E-state index contributed by atoms with van der Waals surface area (Å²) in [5.74, 6) is 0.772. The SMILES string of the molecule is NCCOCCOCCNCC(O)COc1cccc2[nH]ccc12. The van der Waals surface area contributed by atoms with Crippen molar-refractivity contribution in [1.82, 2.24) is 10.3 Å². The molecule has 7 heteroatoms. The van der Waals surface area contributed by atoms with Crippen molar-refractivity contribution in [2.75, 3.05) is 52.7 Å². The molecule has 1 heterocycles. The van der Waals surface area contributed by atoms with Gasteiger partial charge in [0.15, 0.2) is 0 Å². The Hall–Kier alpha value is -1.64. The highest BCUT2D eigenvalue weighted by atomic mass is 16.5. The summed E-state index contributed by atoms with van der Waals surface area (Å²) < 4.78 is 16.3. The molecule has 1 aromatic carbocycles. The zero-order valence-electron chi connectivity index (χ0n) is 13.9. The van der Waals surface area contributed by atoms with Crippen LogP contribution in [0.4, 0.5) is 0 Å². The summed E-state index contributed by atoms with van der Waals surface area (Å²) in [6.45, 7) is 4.13. The smallest absolute Gasteiger partial charge is 0.128 e. The Morgan fingerprint density at radius 1 is 1.12 bits per heavy atom. The van der Waals surface area contributed by atoms with Crippen LogP contribution < -0.4 is 15.8 Å². The lowest BCUT2D eigenvalue weighted by Crippen LogP contribution is -2.33. The quantitative estimate of drug-likeness (QED) is 0.397. The lowest BCUT2D eigenvalue weighted by Gasteiger charge is -2.14. The van der Waals surface area contributed by atoms with Gasteiger partial charge < -0.3 is 35.4 Å². The Bertz CT molecular complexity index is 576. The summed E-state index contributed by atoms with van der Waals surface area (Å²) in [5, 5.41) is 14.1. The fourth-order valence-corrected chi connectivity index (χ4v) is 2.25. The average molecular weight is 337 g/mol. The molecule has 0 spiro atoms. The highest BCUT2D eigenvalue weighted by Gasteiger charge is 2.07. The van der Waals surface area contributed by atoms with E-state index < -0.39 is 6.10 Å². The number of aromatic amines is 1. The maximum absolute atomic E-state index is 9.97. The van der Waals surface area contributed by atoms with E-state index in [0.717, 1.165) is 16.7 Å². The van der Waals surface area contributed by atoms with Crippen molar-refractivity contribution >= 4 is 10.9 Å². The van der Waals surface area contributed by atoms with Gasteiger partial charge in [0.1, 0.15) is 18.5 Å². The van der Waals surface area contributed by atoms with Gasteiger partial charge in [0.2, 0.25) is 0 Å². The maximum atomic E-state index is 9.97. The first-order valence-corrected chi connectivity index (χ1v) is 8.24. The second-order valence-electron chi connectivity index (χ2n) is 5.38. The molecule has 0 aliphatic heterocycles. The molecule has 0 radical (unpaired) electrons. The van der Waals surface area contributed by atoms with Gasteiger partial charge in [-0.3, -0.25) is 0 Å². The molecule has 2 aromatic rings. The first kappa shape index (κ1) is 18.7. The van der Waals surface area contributed by atoms with Crippen LogP contribution in [-0.2, 0) is 9.47 Å². The zero-order valence-corrected chi connectivity index (χ0v) is 13.9. The van der Waals surface area contributed by atoms with Crippen molar-refractivity contribution in [3.8, 4) is 5.75 Å². The Labute approximate surface area is 142 Å². The molecule has 1 aromatic heterocycles. The van der Waals surface area contributed by atoms with E-state index in [-0.39, 0.29) is 6.61 Å². The van der Waals surface area contributed by atoms with E-state index in [1.807, 2.05) is 30.5 Å². The minimum Gasteiger partial charge on any atom is -0.490 e. The number of nitrogens with two attached hydrogens (primary N) is 1. The average Bonchev–Trinajstić information content (AvgIpc) is 3.07. The number of hydrogen-bond donors (Lipinski definition) is 4. The molecule has 0 aliphatic rings. The minimum absolute atomic E-state index is 0.241. The van der Waals surface area contributed by atoms with Crippen molar-refractivity contribution in [2.45, 2.75) is 6.10 Å². The molecule has 1 unspecified atom stereocenters. The molecule has 0 saturated heterocycles. The number of fused-ring (bicyclic) bond motifs is 1. The monoisotopic (exact) mass is 337 g/mol. The van der Waals surface area contributed by atoms with E-state index in [2.05, 4.69) is 10.3 Å². The van der Waals surface area contributed by atoms with Gasteiger partial charge in [-0.05, 0) is 18.2 Å². The Kier molecular flexibility index (Phi) is 8.58. The van der Waals surface area contributed by atoms with E-state index >= 15 is 0 Å². The molecule has 134 valence electrons. The van der Waals surface area contributed by atoms with Crippen LogP contribution in [0.2, 0.25) is 0 Å². The molecule has 2 rings (SSSR count). The highest BCUT2D eigenvalue weighted by Crippen LogP contribution is 2.24. The summed E-state index contributed by atoms with van der Waals surface area (Å²) >= 11 is 0. The first-order chi connectivity index (χ1) is 11.8. The summed E-state index contributed by atoms with van der Waals surface area (Å²) in [6.07, 6.45) is 1.29. The largest absolute Gasteiger partial charge is 0.490 e. The molecule has 0 saturated carbocycles. The number of aliphatic hydroxyl groups excluding tert-OH is 1. The molecular weight excluding hydrogens is 310 g/mol. The molecule has 5 N–H and O–H groups in total. The lowest BCUT2D eigenvalue weighted by molar-refractivity contribution is 0.0499. The van der Waals surface area contributed by atoms with Crippen LogP contribution in [0, 0.1) is 0 Å². The van der Waals surface area contributed by atoms with E-state index in [1.165, 1.54) is 0 Å². The van der Waals surface area contributed by atoms with Crippen LogP contribution in [0.5, 0.6) is 5.75 Å². The van der Waals surface area contributed by atoms with Gasteiger partial charge in [-0.1, -0.05) is 6.07 Å². The number of benzene rings is 1. The second-order valence-corrected chi connectivity index (χ2v) is 5.38. The van der Waals surface area contributed by atoms with Gasteiger partial charge in [0.05, 0.1) is 26.4 Å². The van der Waals surface area contributed by atoms with Gasteiger partial charge >= 0.3 is 0 Å². The number of rotatable bonds is 13. The molecule has 0 aliphatic carbocycles. The van der Waals surface area contributed by atoms with Crippen molar-refractivity contribution in [3.63, 3.8) is 0 Å². The maximum Gasteiger partial charge on any atom is 0.128 e. The van der Waals surface area contributed by atoms with Crippen LogP contribution in [0.1, 0.15) is 0 Å². The number of aromatic nitrogens is 1.